The van der Waals surface area contributed by atoms with Crippen LogP contribution in [0, 0.1) is 11.8 Å². The van der Waals surface area contributed by atoms with Crippen molar-refractivity contribution in [1.29, 1.82) is 0 Å². The first-order chi connectivity index (χ1) is 7.66. The lowest BCUT2D eigenvalue weighted by molar-refractivity contribution is -0.0907. The zero-order chi connectivity index (χ0) is 11.6. The molecule has 0 aromatic heterocycles. The third-order valence-electron chi connectivity index (χ3n) is 4.51. The van der Waals surface area contributed by atoms with Crippen LogP contribution in [0.5, 0.6) is 0 Å². The standard InChI is InChI=1S/C14H27NO/c1-3-16-14(8-6-11(2)7-9-14)13(15)10-12-4-5-12/h11-13H,3-10,15H2,1-2H3. The van der Waals surface area contributed by atoms with E-state index in [-0.39, 0.29) is 11.6 Å². The number of hydrogen-bond acceptors (Lipinski definition) is 2. The van der Waals surface area contributed by atoms with Crippen LogP contribution in [0.15, 0.2) is 0 Å². The molecule has 0 aromatic rings. The zero-order valence-corrected chi connectivity index (χ0v) is 10.9. The summed E-state index contributed by atoms with van der Waals surface area (Å²) in [5.41, 5.74) is 6.45. The molecule has 1 atom stereocenters. The predicted molar refractivity (Wildman–Crippen MR) is 67.3 cm³/mol. The second-order valence-corrected chi connectivity index (χ2v) is 5.97. The molecule has 2 fully saturated rings. The van der Waals surface area contributed by atoms with Crippen molar-refractivity contribution in [3.8, 4) is 0 Å². The van der Waals surface area contributed by atoms with E-state index in [9.17, 15) is 0 Å². The lowest BCUT2D eigenvalue weighted by Gasteiger charge is -2.43. The quantitative estimate of drug-likeness (QED) is 0.780. The van der Waals surface area contributed by atoms with E-state index < -0.39 is 0 Å². The molecule has 0 aliphatic heterocycles. The molecule has 0 aromatic carbocycles. The maximum Gasteiger partial charge on any atom is 0.0832 e. The molecular weight excluding hydrogens is 198 g/mol. The number of nitrogens with two attached hydrogens (primary N) is 1. The van der Waals surface area contributed by atoms with Crippen LogP contribution < -0.4 is 5.73 Å². The van der Waals surface area contributed by atoms with E-state index in [1.54, 1.807) is 0 Å². The van der Waals surface area contributed by atoms with Gasteiger partial charge in [0.25, 0.3) is 0 Å². The van der Waals surface area contributed by atoms with Gasteiger partial charge < -0.3 is 10.5 Å². The summed E-state index contributed by atoms with van der Waals surface area (Å²) < 4.78 is 6.08. The Balaban J connectivity index is 1.95. The molecule has 0 heterocycles. The first kappa shape index (κ1) is 12.4. The van der Waals surface area contributed by atoms with E-state index in [2.05, 4.69) is 13.8 Å². The van der Waals surface area contributed by atoms with Crippen molar-refractivity contribution < 1.29 is 4.74 Å². The van der Waals surface area contributed by atoms with Gasteiger partial charge in [0, 0.05) is 12.6 Å². The minimum atomic E-state index is 0.0177. The molecule has 94 valence electrons. The monoisotopic (exact) mass is 225 g/mol. The summed E-state index contributed by atoms with van der Waals surface area (Å²) in [6.07, 6.45) is 8.91. The van der Waals surface area contributed by atoms with Crippen molar-refractivity contribution in [3.63, 3.8) is 0 Å². The molecule has 0 saturated heterocycles. The van der Waals surface area contributed by atoms with Crippen LogP contribution in [0.2, 0.25) is 0 Å². The summed E-state index contributed by atoms with van der Waals surface area (Å²) in [5.74, 6) is 1.77. The summed E-state index contributed by atoms with van der Waals surface area (Å²) in [6.45, 7) is 5.26. The maximum absolute atomic E-state index is 6.43. The van der Waals surface area contributed by atoms with E-state index in [0.29, 0.717) is 0 Å². The van der Waals surface area contributed by atoms with Crippen molar-refractivity contribution in [2.24, 2.45) is 17.6 Å². The Bertz CT molecular complexity index is 217. The maximum atomic E-state index is 6.43. The highest BCUT2D eigenvalue weighted by molar-refractivity contribution is 4.97. The Morgan fingerprint density at radius 2 is 1.88 bits per heavy atom. The SMILES string of the molecule is CCOC1(C(N)CC2CC2)CCC(C)CC1. The molecule has 16 heavy (non-hydrogen) atoms. The third kappa shape index (κ3) is 2.78. The molecule has 2 heteroatoms. The van der Waals surface area contributed by atoms with Crippen LogP contribution in [-0.2, 0) is 4.74 Å². The lowest BCUT2D eigenvalue weighted by atomic mass is 9.74. The lowest BCUT2D eigenvalue weighted by Crippen LogP contribution is -2.52. The second-order valence-electron chi connectivity index (χ2n) is 5.97. The van der Waals surface area contributed by atoms with Gasteiger partial charge in [0.15, 0.2) is 0 Å². The first-order valence-electron chi connectivity index (χ1n) is 7.06. The molecule has 2 N–H and O–H groups in total. The highest BCUT2D eigenvalue weighted by Crippen LogP contribution is 2.41. The van der Waals surface area contributed by atoms with Gasteiger partial charge in [0.05, 0.1) is 5.60 Å². The van der Waals surface area contributed by atoms with Crippen LogP contribution in [0.4, 0.5) is 0 Å². The first-order valence-corrected chi connectivity index (χ1v) is 7.06. The summed E-state index contributed by atoms with van der Waals surface area (Å²) in [5, 5.41) is 0. The zero-order valence-electron chi connectivity index (χ0n) is 10.9. The van der Waals surface area contributed by atoms with E-state index in [1.807, 2.05) is 0 Å². The van der Waals surface area contributed by atoms with Crippen LogP contribution in [0.1, 0.15) is 58.8 Å². The second kappa shape index (κ2) is 5.05. The van der Waals surface area contributed by atoms with E-state index in [0.717, 1.165) is 18.4 Å². The molecule has 2 nitrogen and oxygen atoms in total. The van der Waals surface area contributed by atoms with Crippen molar-refractivity contribution in [1.82, 2.24) is 0 Å². The van der Waals surface area contributed by atoms with Crippen LogP contribution in [0.3, 0.4) is 0 Å². The summed E-state index contributed by atoms with van der Waals surface area (Å²) in [6, 6.07) is 0.271. The minimum absolute atomic E-state index is 0.0177. The molecule has 0 bridgehead atoms. The van der Waals surface area contributed by atoms with Gasteiger partial charge in [0.2, 0.25) is 0 Å². The van der Waals surface area contributed by atoms with Crippen molar-refractivity contribution >= 4 is 0 Å². The van der Waals surface area contributed by atoms with Crippen LogP contribution in [0.25, 0.3) is 0 Å². The minimum Gasteiger partial charge on any atom is -0.374 e. The molecule has 2 rings (SSSR count). The van der Waals surface area contributed by atoms with Crippen molar-refractivity contribution in [3.05, 3.63) is 0 Å². The Kier molecular flexibility index (Phi) is 3.91. The van der Waals surface area contributed by atoms with E-state index >= 15 is 0 Å². The largest absolute Gasteiger partial charge is 0.374 e. The van der Waals surface area contributed by atoms with E-state index in [4.69, 9.17) is 10.5 Å². The van der Waals surface area contributed by atoms with Gasteiger partial charge in [-0.15, -0.1) is 0 Å². The summed E-state index contributed by atoms with van der Waals surface area (Å²) in [4.78, 5) is 0. The Morgan fingerprint density at radius 1 is 1.25 bits per heavy atom. The smallest absolute Gasteiger partial charge is 0.0832 e. The van der Waals surface area contributed by atoms with Gasteiger partial charge in [-0.25, -0.2) is 0 Å². The number of hydrogen-bond donors (Lipinski definition) is 1. The van der Waals surface area contributed by atoms with Crippen molar-refractivity contribution in [2.45, 2.75) is 70.4 Å². The van der Waals surface area contributed by atoms with Gasteiger partial charge >= 0.3 is 0 Å². The van der Waals surface area contributed by atoms with E-state index in [1.165, 1.54) is 44.9 Å². The number of rotatable bonds is 5. The molecule has 1 unspecified atom stereocenters. The van der Waals surface area contributed by atoms with Crippen LogP contribution in [-0.4, -0.2) is 18.2 Å². The van der Waals surface area contributed by atoms with Gasteiger partial charge in [0.1, 0.15) is 0 Å². The Labute approximate surface area is 99.9 Å². The Hall–Kier alpha value is -0.0800. The molecule has 2 saturated carbocycles. The molecule has 2 aliphatic rings. The fraction of sp³-hybridized carbons (Fsp3) is 1.00. The third-order valence-corrected chi connectivity index (χ3v) is 4.51. The molecule has 0 radical (unpaired) electrons. The average Bonchev–Trinajstić information content (AvgIpc) is 3.06. The molecule has 0 amide bonds. The van der Waals surface area contributed by atoms with Gasteiger partial charge in [-0.3, -0.25) is 0 Å². The van der Waals surface area contributed by atoms with Crippen molar-refractivity contribution in [2.75, 3.05) is 6.61 Å². The highest BCUT2D eigenvalue weighted by atomic mass is 16.5. The van der Waals surface area contributed by atoms with Crippen LogP contribution >= 0.6 is 0 Å². The topological polar surface area (TPSA) is 35.2 Å². The number of ether oxygens (including phenoxy) is 1. The fourth-order valence-electron chi connectivity index (χ4n) is 3.09. The highest BCUT2D eigenvalue weighted by Gasteiger charge is 2.42. The summed E-state index contributed by atoms with van der Waals surface area (Å²) in [7, 11) is 0. The molecule has 2 aliphatic carbocycles. The molecule has 0 spiro atoms. The molecular formula is C14H27NO. The fourth-order valence-corrected chi connectivity index (χ4v) is 3.09. The Morgan fingerprint density at radius 3 is 2.38 bits per heavy atom. The average molecular weight is 225 g/mol. The summed E-state index contributed by atoms with van der Waals surface area (Å²) >= 11 is 0. The van der Waals surface area contributed by atoms with Gasteiger partial charge in [-0.1, -0.05) is 19.8 Å². The predicted octanol–water partition coefficient (Wildman–Crippen LogP) is 3.10. The van der Waals surface area contributed by atoms with Gasteiger partial charge in [-0.2, -0.15) is 0 Å². The normalized spacial score (nSPS) is 37.3. The van der Waals surface area contributed by atoms with Gasteiger partial charge in [-0.05, 0) is 50.9 Å².